The lowest BCUT2D eigenvalue weighted by Crippen LogP contribution is -2.37. The van der Waals surface area contributed by atoms with Gasteiger partial charge in [0.2, 0.25) is 0 Å². The Morgan fingerprint density at radius 1 is 1.07 bits per heavy atom. The lowest BCUT2D eigenvalue weighted by atomic mass is 10.0. The molecule has 0 radical (unpaired) electrons. The van der Waals surface area contributed by atoms with E-state index in [2.05, 4.69) is 10.6 Å². The smallest absolute Gasteiger partial charge is 0.319 e. The van der Waals surface area contributed by atoms with Crippen LogP contribution in [0.25, 0.3) is 5.69 Å². The van der Waals surface area contributed by atoms with Crippen molar-refractivity contribution in [3.8, 4) is 5.69 Å². The van der Waals surface area contributed by atoms with Crippen LogP contribution in [0.3, 0.4) is 0 Å². The number of anilines is 1. The fourth-order valence-corrected chi connectivity index (χ4v) is 5.38. The fraction of sp³-hybridized carbons (Fsp3) is 0.238. The third kappa shape index (κ3) is 3.41. The molecule has 2 aromatic carbocycles. The summed E-state index contributed by atoms with van der Waals surface area (Å²) < 4.78 is 27.7. The van der Waals surface area contributed by atoms with Crippen LogP contribution in [-0.2, 0) is 16.9 Å². The Balaban J connectivity index is 1.60. The zero-order valence-electron chi connectivity index (χ0n) is 16.6. The van der Waals surface area contributed by atoms with Crippen molar-refractivity contribution < 1.29 is 13.2 Å². The van der Waals surface area contributed by atoms with Gasteiger partial charge in [0.25, 0.3) is 5.56 Å². The number of nitrogens with one attached hydrogen (secondary N) is 2. The predicted octanol–water partition coefficient (Wildman–Crippen LogP) is 2.52. The standard InChI is InChI=1S/C21H22N4O4S/c1-14-19(20(26)25(24(14)2)15-8-4-3-5-9-15)23-21(27)22-17-12-13-30(28,29)18-11-7-6-10-16(17)18/h3-11,17H,12-13H2,1-2H3,(H2,22,23,27). The van der Waals surface area contributed by atoms with Gasteiger partial charge >= 0.3 is 6.03 Å². The van der Waals surface area contributed by atoms with Gasteiger partial charge in [-0.1, -0.05) is 36.4 Å². The number of amides is 2. The molecule has 0 saturated carbocycles. The molecule has 1 atom stereocenters. The van der Waals surface area contributed by atoms with Crippen molar-refractivity contribution in [2.45, 2.75) is 24.3 Å². The van der Waals surface area contributed by atoms with Gasteiger partial charge in [0.15, 0.2) is 9.84 Å². The lowest BCUT2D eigenvalue weighted by Gasteiger charge is -2.26. The first-order chi connectivity index (χ1) is 14.3. The highest BCUT2D eigenvalue weighted by Gasteiger charge is 2.31. The summed E-state index contributed by atoms with van der Waals surface area (Å²) in [5.41, 5.74) is 1.68. The first-order valence-electron chi connectivity index (χ1n) is 9.53. The minimum Gasteiger partial charge on any atom is -0.331 e. The maximum Gasteiger partial charge on any atom is 0.319 e. The van der Waals surface area contributed by atoms with Gasteiger partial charge in [-0.2, -0.15) is 0 Å². The summed E-state index contributed by atoms with van der Waals surface area (Å²) in [6.45, 7) is 1.75. The van der Waals surface area contributed by atoms with Crippen LogP contribution in [0.2, 0.25) is 0 Å². The number of aromatic nitrogens is 2. The Bertz CT molecular complexity index is 1280. The van der Waals surface area contributed by atoms with Crippen molar-refractivity contribution in [2.24, 2.45) is 7.05 Å². The average Bonchev–Trinajstić information content (AvgIpc) is 2.94. The second-order valence-corrected chi connectivity index (χ2v) is 9.31. The quantitative estimate of drug-likeness (QED) is 0.672. The molecule has 156 valence electrons. The van der Waals surface area contributed by atoms with E-state index in [1.807, 2.05) is 30.3 Å². The molecule has 8 nitrogen and oxygen atoms in total. The molecule has 0 fully saturated rings. The fourth-order valence-electron chi connectivity index (χ4n) is 3.76. The highest BCUT2D eigenvalue weighted by molar-refractivity contribution is 7.91. The number of fused-ring (bicyclic) bond motifs is 1. The Kier molecular flexibility index (Phi) is 4.98. The zero-order chi connectivity index (χ0) is 21.5. The van der Waals surface area contributed by atoms with Crippen LogP contribution in [-0.4, -0.2) is 29.6 Å². The van der Waals surface area contributed by atoms with Gasteiger partial charge in [0.05, 0.1) is 28.1 Å². The van der Waals surface area contributed by atoms with Crippen molar-refractivity contribution >= 4 is 21.6 Å². The number of urea groups is 1. The van der Waals surface area contributed by atoms with Crippen LogP contribution in [0.15, 0.2) is 64.3 Å². The molecule has 1 unspecified atom stereocenters. The number of nitrogens with zero attached hydrogens (tertiary/aromatic N) is 2. The first-order valence-corrected chi connectivity index (χ1v) is 11.2. The second kappa shape index (κ2) is 7.49. The number of hydrogen-bond donors (Lipinski definition) is 2. The van der Waals surface area contributed by atoms with E-state index >= 15 is 0 Å². The minimum absolute atomic E-state index is 0.0415. The van der Waals surface area contributed by atoms with Crippen molar-refractivity contribution in [1.29, 1.82) is 0 Å². The third-order valence-corrected chi connectivity index (χ3v) is 7.22. The molecule has 4 rings (SSSR count). The van der Waals surface area contributed by atoms with E-state index in [9.17, 15) is 18.0 Å². The highest BCUT2D eigenvalue weighted by atomic mass is 32.2. The molecule has 1 aliphatic rings. The molecular formula is C21H22N4O4S. The van der Waals surface area contributed by atoms with Crippen LogP contribution in [0, 0.1) is 6.92 Å². The zero-order valence-corrected chi connectivity index (χ0v) is 17.4. The molecule has 2 heterocycles. The maximum absolute atomic E-state index is 12.9. The summed E-state index contributed by atoms with van der Waals surface area (Å²) in [4.78, 5) is 25.9. The summed E-state index contributed by atoms with van der Waals surface area (Å²) in [6.07, 6.45) is 0.273. The molecule has 3 aromatic rings. The molecule has 9 heteroatoms. The van der Waals surface area contributed by atoms with Crippen LogP contribution in [0.5, 0.6) is 0 Å². The molecule has 30 heavy (non-hydrogen) atoms. The molecular weight excluding hydrogens is 404 g/mol. The van der Waals surface area contributed by atoms with Gasteiger partial charge < -0.3 is 10.6 Å². The average molecular weight is 426 g/mol. The summed E-state index contributed by atoms with van der Waals surface area (Å²) in [6, 6.07) is 14.8. The summed E-state index contributed by atoms with van der Waals surface area (Å²) in [7, 11) is -1.60. The minimum atomic E-state index is -3.34. The largest absolute Gasteiger partial charge is 0.331 e. The van der Waals surface area contributed by atoms with E-state index in [1.165, 1.54) is 4.68 Å². The van der Waals surface area contributed by atoms with Crippen molar-refractivity contribution in [3.63, 3.8) is 0 Å². The maximum atomic E-state index is 12.9. The second-order valence-electron chi connectivity index (χ2n) is 7.23. The number of sulfone groups is 1. The van der Waals surface area contributed by atoms with Gasteiger partial charge in [-0.15, -0.1) is 0 Å². The van der Waals surface area contributed by atoms with Gasteiger partial charge in [-0.25, -0.2) is 17.9 Å². The normalized spacial score (nSPS) is 17.2. The molecule has 0 aliphatic carbocycles. The van der Waals surface area contributed by atoms with Crippen LogP contribution < -0.4 is 16.2 Å². The van der Waals surface area contributed by atoms with Gasteiger partial charge in [-0.3, -0.25) is 9.48 Å². The van der Waals surface area contributed by atoms with Gasteiger partial charge in [0.1, 0.15) is 5.69 Å². The highest BCUT2D eigenvalue weighted by Crippen LogP contribution is 2.31. The Labute approximate surface area is 174 Å². The van der Waals surface area contributed by atoms with E-state index in [0.717, 1.165) is 0 Å². The number of carbonyl (C=O) groups is 1. The molecule has 1 aliphatic heterocycles. The predicted molar refractivity (Wildman–Crippen MR) is 114 cm³/mol. The summed E-state index contributed by atoms with van der Waals surface area (Å²) in [5, 5.41) is 5.47. The molecule has 0 bridgehead atoms. The van der Waals surface area contributed by atoms with Crippen molar-refractivity contribution in [3.05, 3.63) is 76.2 Å². The Morgan fingerprint density at radius 2 is 1.73 bits per heavy atom. The van der Waals surface area contributed by atoms with Crippen molar-refractivity contribution in [1.82, 2.24) is 14.7 Å². The SMILES string of the molecule is Cc1c(NC(=O)NC2CCS(=O)(=O)c3ccccc32)c(=O)n(-c2ccccc2)n1C. The van der Waals surface area contributed by atoms with Gasteiger partial charge in [-0.05, 0) is 37.1 Å². The Hall–Kier alpha value is -3.33. The van der Waals surface area contributed by atoms with E-state index < -0.39 is 21.9 Å². The summed E-state index contributed by atoms with van der Waals surface area (Å²) >= 11 is 0. The molecule has 0 saturated heterocycles. The van der Waals surface area contributed by atoms with E-state index in [-0.39, 0.29) is 28.3 Å². The third-order valence-electron chi connectivity index (χ3n) is 5.40. The monoisotopic (exact) mass is 426 g/mol. The summed E-state index contributed by atoms with van der Waals surface area (Å²) in [5.74, 6) is -0.0415. The van der Waals surface area contributed by atoms with Crippen molar-refractivity contribution in [2.75, 3.05) is 11.1 Å². The topological polar surface area (TPSA) is 102 Å². The van der Waals surface area contributed by atoms with Crippen LogP contribution in [0.1, 0.15) is 23.7 Å². The molecule has 2 amide bonds. The number of rotatable bonds is 3. The van der Waals surface area contributed by atoms with Gasteiger partial charge in [0, 0.05) is 7.05 Å². The van der Waals surface area contributed by atoms with E-state index in [4.69, 9.17) is 0 Å². The molecule has 0 spiro atoms. The van der Waals surface area contributed by atoms with E-state index in [0.29, 0.717) is 16.9 Å². The van der Waals surface area contributed by atoms with E-state index in [1.54, 1.807) is 42.9 Å². The Morgan fingerprint density at radius 3 is 2.47 bits per heavy atom. The molecule has 2 N–H and O–H groups in total. The number of para-hydroxylation sites is 1. The number of benzene rings is 2. The number of hydrogen-bond acceptors (Lipinski definition) is 4. The van der Waals surface area contributed by atoms with Crippen LogP contribution in [0.4, 0.5) is 10.5 Å². The molecule has 1 aromatic heterocycles. The number of carbonyl (C=O) groups excluding carboxylic acids is 1. The first kappa shape index (κ1) is 20.0. The lowest BCUT2D eigenvalue weighted by molar-refractivity contribution is 0.248. The van der Waals surface area contributed by atoms with Crippen LogP contribution >= 0.6 is 0 Å².